The normalized spacial score (nSPS) is 17.1. The fourth-order valence-corrected chi connectivity index (χ4v) is 3.14. The molecular formula is C18H22F3NO. The molecule has 0 bridgehead atoms. The van der Waals surface area contributed by atoms with Crippen molar-refractivity contribution in [3.63, 3.8) is 0 Å². The average molecular weight is 325 g/mol. The number of nitrogens with one attached hydrogen (secondary N) is 1. The molecule has 1 saturated carbocycles. The second kappa shape index (κ2) is 7.66. The lowest BCUT2D eigenvalue weighted by molar-refractivity contribution is -0.137. The molecule has 0 amide bonds. The number of Topliss-reactive ketones (excluding diaryl/α,β-unsaturated/α-hetero) is 1. The number of carbonyl (C=O) groups excluding carboxylic acids is 1. The third-order valence-corrected chi connectivity index (χ3v) is 4.29. The molecule has 0 atom stereocenters. The van der Waals surface area contributed by atoms with Gasteiger partial charge in [-0.25, -0.2) is 0 Å². The topological polar surface area (TPSA) is 29.1 Å². The summed E-state index contributed by atoms with van der Waals surface area (Å²) in [4.78, 5) is 12.6. The van der Waals surface area contributed by atoms with E-state index >= 15 is 0 Å². The molecule has 1 aliphatic carbocycles. The van der Waals surface area contributed by atoms with Crippen LogP contribution in [0.3, 0.4) is 0 Å². The first kappa shape index (κ1) is 17.6. The number of carbonyl (C=O) groups is 1. The molecule has 0 saturated heterocycles. The molecule has 0 aromatic heterocycles. The summed E-state index contributed by atoms with van der Waals surface area (Å²) in [5.74, 6) is 0.125. The van der Waals surface area contributed by atoms with E-state index in [1.165, 1.54) is 12.5 Å². The van der Waals surface area contributed by atoms with Crippen LogP contribution in [-0.2, 0) is 17.4 Å². The quantitative estimate of drug-likeness (QED) is 0.808. The van der Waals surface area contributed by atoms with Crippen LogP contribution in [0.5, 0.6) is 0 Å². The van der Waals surface area contributed by atoms with Crippen molar-refractivity contribution in [3.8, 4) is 0 Å². The lowest BCUT2D eigenvalue weighted by Crippen LogP contribution is -2.20. The maximum absolute atomic E-state index is 12.8. The monoisotopic (exact) mass is 325 g/mol. The number of rotatable bonds is 5. The fourth-order valence-electron chi connectivity index (χ4n) is 3.14. The van der Waals surface area contributed by atoms with Gasteiger partial charge in [0.05, 0.1) is 5.56 Å². The minimum absolute atomic E-state index is 0.00787. The zero-order valence-corrected chi connectivity index (χ0v) is 13.2. The van der Waals surface area contributed by atoms with Gasteiger partial charge in [-0.05, 0) is 30.4 Å². The van der Waals surface area contributed by atoms with Gasteiger partial charge in [0.1, 0.15) is 0 Å². The van der Waals surface area contributed by atoms with Crippen molar-refractivity contribution in [3.05, 3.63) is 47.2 Å². The van der Waals surface area contributed by atoms with Crippen molar-refractivity contribution in [2.45, 2.75) is 44.7 Å². The van der Waals surface area contributed by atoms with Gasteiger partial charge in [-0.2, -0.15) is 13.2 Å². The summed E-state index contributed by atoms with van der Waals surface area (Å²) in [7, 11) is 1.74. The first-order chi connectivity index (χ1) is 10.9. The van der Waals surface area contributed by atoms with Crippen molar-refractivity contribution in [2.75, 3.05) is 7.05 Å². The molecule has 23 heavy (non-hydrogen) atoms. The summed E-state index contributed by atoms with van der Waals surface area (Å²) >= 11 is 0. The van der Waals surface area contributed by atoms with Crippen molar-refractivity contribution in [2.24, 2.45) is 5.92 Å². The molecule has 1 aliphatic rings. The van der Waals surface area contributed by atoms with E-state index in [1.54, 1.807) is 19.3 Å². The summed E-state index contributed by atoms with van der Waals surface area (Å²) in [6.07, 6.45) is 2.67. The maximum atomic E-state index is 12.8. The number of alkyl halides is 3. The van der Waals surface area contributed by atoms with Crippen LogP contribution in [-0.4, -0.2) is 12.8 Å². The SMILES string of the molecule is CNC=C(C(=O)Cc1cccc(C(F)(F)F)c1)C1CCCCC1. The van der Waals surface area contributed by atoms with Crippen LogP contribution in [0.1, 0.15) is 43.2 Å². The molecule has 1 fully saturated rings. The Balaban J connectivity index is 2.14. The van der Waals surface area contributed by atoms with Crippen LogP contribution < -0.4 is 5.32 Å². The number of halogens is 3. The molecular weight excluding hydrogens is 303 g/mol. The highest BCUT2D eigenvalue weighted by Gasteiger charge is 2.30. The van der Waals surface area contributed by atoms with Crippen LogP contribution in [0.15, 0.2) is 36.0 Å². The number of hydrogen-bond donors (Lipinski definition) is 1. The molecule has 0 aliphatic heterocycles. The van der Waals surface area contributed by atoms with E-state index in [1.807, 2.05) is 0 Å². The van der Waals surface area contributed by atoms with Gasteiger partial charge in [0, 0.05) is 25.2 Å². The molecule has 0 spiro atoms. The molecule has 1 N–H and O–H groups in total. The Morgan fingerprint density at radius 2 is 1.96 bits per heavy atom. The largest absolute Gasteiger partial charge is 0.416 e. The van der Waals surface area contributed by atoms with E-state index in [9.17, 15) is 18.0 Å². The minimum atomic E-state index is -4.38. The van der Waals surface area contributed by atoms with Crippen LogP contribution in [0, 0.1) is 5.92 Å². The predicted octanol–water partition coefficient (Wildman–Crippen LogP) is 4.50. The van der Waals surface area contributed by atoms with Crippen LogP contribution >= 0.6 is 0 Å². The highest BCUT2D eigenvalue weighted by Crippen LogP contribution is 2.32. The van der Waals surface area contributed by atoms with Gasteiger partial charge >= 0.3 is 6.18 Å². The Kier molecular flexibility index (Phi) is 5.85. The smallest absolute Gasteiger partial charge is 0.394 e. The zero-order chi connectivity index (χ0) is 16.9. The Morgan fingerprint density at radius 1 is 1.26 bits per heavy atom. The highest BCUT2D eigenvalue weighted by molar-refractivity contribution is 5.97. The first-order valence-electron chi connectivity index (χ1n) is 7.98. The fraction of sp³-hybridized carbons (Fsp3) is 0.500. The van der Waals surface area contributed by atoms with Crippen molar-refractivity contribution in [1.82, 2.24) is 5.32 Å². The minimum Gasteiger partial charge on any atom is -0.394 e. The van der Waals surface area contributed by atoms with Gasteiger partial charge < -0.3 is 5.32 Å². The van der Waals surface area contributed by atoms with Gasteiger partial charge in [0.15, 0.2) is 5.78 Å². The van der Waals surface area contributed by atoms with Crippen LogP contribution in [0.4, 0.5) is 13.2 Å². The molecule has 0 unspecified atom stereocenters. The molecule has 5 heteroatoms. The predicted molar refractivity (Wildman–Crippen MR) is 83.9 cm³/mol. The van der Waals surface area contributed by atoms with E-state index in [0.29, 0.717) is 11.1 Å². The summed E-state index contributed by atoms with van der Waals surface area (Å²) in [5.41, 5.74) is 0.409. The second-order valence-corrected chi connectivity index (χ2v) is 6.02. The third kappa shape index (κ3) is 4.85. The lowest BCUT2D eigenvalue weighted by Gasteiger charge is -2.24. The summed E-state index contributed by atoms with van der Waals surface area (Å²) in [6, 6.07) is 5.02. The Morgan fingerprint density at radius 3 is 2.57 bits per heavy atom. The zero-order valence-electron chi connectivity index (χ0n) is 13.2. The molecule has 0 heterocycles. The van der Waals surface area contributed by atoms with Gasteiger partial charge in [0.25, 0.3) is 0 Å². The molecule has 2 rings (SSSR count). The van der Waals surface area contributed by atoms with Crippen LogP contribution in [0.2, 0.25) is 0 Å². The average Bonchev–Trinajstić information content (AvgIpc) is 2.53. The summed E-state index contributed by atoms with van der Waals surface area (Å²) in [5, 5.41) is 2.90. The maximum Gasteiger partial charge on any atom is 0.416 e. The lowest BCUT2D eigenvalue weighted by atomic mass is 9.81. The molecule has 0 radical (unpaired) electrons. The third-order valence-electron chi connectivity index (χ3n) is 4.29. The molecule has 126 valence electrons. The Bertz CT molecular complexity index is 572. The summed E-state index contributed by atoms with van der Waals surface area (Å²) in [6.45, 7) is 0. The van der Waals surface area contributed by atoms with Crippen molar-refractivity contribution < 1.29 is 18.0 Å². The van der Waals surface area contributed by atoms with Gasteiger partial charge in [0.2, 0.25) is 0 Å². The summed E-state index contributed by atoms with van der Waals surface area (Å²) < 4.78 is 38.3. The number of hydrogen-bond acceptors (Lipinski definition) is 2. The van der Waals surface area contributed by atoms with E-state index in [4.69, 9.17) is 0 Å². The molecule has 2 nitrogen and oxygen atoms in total. The van der Waals surface area contributed by atoms with E-state index in [2.05, 4.69) is 5.32 Å². The first-order valence-corrected chi connectivity index (χ1v) is 7.98. The van der Waals surface area contributed by atoms with Gasteiger partial charge in [-0.15, -0.1) is 0 Å². The second-order valence-electron chi connectivity index (χ2n) is 6.02. The Labute approximate surface area is 134 Å². The molecule has 1 aromatic carbocycles. The number of allylic oxidation sites excluding steroid dienone is 1. The highest BCUT2D eigenvalue weighted by atomic mass is 19.4. The number of ketones is 1. The van der Waals surface area contributed by atoms with Gasteiger partial charge in [-0.1, -0.05) is 37.5 Å². The number of benzene rings is 1. The van der Waals surface area contributed by atoms with Crippen molar-refractivity contribution >= 4 is 5.78 Å². The van der Waals surface area contributed by atoms with Gasteiger partial charge in [-0.3, -0.25) is 4.79 Å². The van der Waals surface area contributed by atoms with Crippen molar-refractivity contribution in [1.29, 1.82) is 0 Å². The Hall–Kier alpha value is -1.78. The standard InChI is InChI=1S/C18H22F3NO/c1-22-12-16(14-7-3-2-4-8-14)17(23)11-13-6-5-9-15(10-13)18(19,20)21/h5-6,9-10,12,14,22H,2-4,7-8,11H2,1H3. The van der Waals surface area contributed by atoms with E-state index in [-0.39, 0.29) is 18.1 Å². The van der Waals surface area contributed by atoms with E-state index in [0.717, 1.165) is 37.8 Å². The van der Waals surface area contributed by atoms with E-state index < -0.39 is 11.7 Å². The molecule has 1 aromatic rings. The van der Waals surface area contributed by atoms with Crippen LogP contribution in [0.25, 0.3) is 0 Å².